The van der Waals surface area contributed by atoms with Crippen LogP contribution in [0.25, 0.3) is 0 Å². The molecule has 1 amide bonds. The van der Waals surface area contributed by atoms with E-state index in [0.717, 1.165) is 44.9 Å². The second kappa shape index (κ2) is 9.57. The van der Waals surface area contributed by atoms with Crippen molar-refractivity contribution in [1.29, 1.82) is 0 Å². The van der Waals surface area contributed by atoms with Gasteiger partial charge in [0.05, 0.1) is 12.7 Å². The van der Waals surface area contributed by atoms with Gasteiger partial charge in [-0.2, -0.15) is 0 Å². The first-order valence-corrected chi connectivity index (χ1v) is 9.74. The van der Waals surface area contributed by atoms with Gasteiger partial charge in [0.1, 0.15) is 6.10 Å². The van der Waals surface area contributed by atoms with Crippen LogP contribution in [-0.4, -0.2) is 50.5 Å². The highest BCUT2D eigenvalue weighted by Gasteiger charge is 2.30. The van der Waals surface area contributed by atoms with Crippen LogP contribution in [0.4, 0.5) is 8.78 Å². The molecule has 2 aliphatic heterocycles. The van der Waals surface area contributed by atoms with Crippen molar-refractivity contribution in [3.05, 3.63) is 35.4 Å². The van der Waals surface area contributed by atoms with Gasteiger partial charge in [-0.25, -0.2) is 8.78 Å². The molecule has 3 rings (SSSR count). The van der Waals surface area contributed by atoms with Gasteiger partial charge in [0.15, 0.2) is 11.6 Å². The number of nitrogens with one attached hydrogen (secondary N) is 2. The standard InChI is InChI=1S/C20H28F2N2O3/c1-13(27-12-15-4-2-3-9-26-15)20(25)24-19-11-23-8-7-16(19)14-5-6-17(21)18(22)10-14/h5-6,10,13,15-16,19,23H,2-4,7-9,11-12H2,1H3,(H,24,25). The van der Waals surface area contributed by atoms with Crippen molar-refractivity contribution in [3.8, 4) is 0 Å². The van der Waals surface area contributed by atoms with Gasteiger partial charge in [-0.15, -0.1) is 0 Å². The van der Waals surface area contributed by atoms with Crippen molar-refractivity contribution < 1.29 is 23.0 Å². The highest BCUT2D eigenvalue weighted by Crippen LogP contribution is 2.27. The quantitative estimate of drug-likeness (QED) is 0.794. The Morgan fingerprint density at radius 2 is 2.19 bits per heavy atom. The number of hydrogen-bond acceptors (Lipinski definition) is 4. The fourth-order valence-electron chi connectivity index (χ4n) is 3.72. The predicted octanol–water partition coefficient (Wildman–Crippen LogP) is 2.50. The molecule has 2 saturated heterocycles. The van der Waals surface area contributed by atoms with E-state index in [2.05, 4.69) is 10.6 Å². The van der Waals surface area contributed by atoms with Gasteiger partial charge in [-0.3, -0.25) is 4.79 Å². The van der Waals surface area contributed by atoms with Gasteiger partial charge < -0.3 is 20.1 Å². The summed E-state index contributed by atoms with van der Waals surface area (Å²) in [6.07, 6.45) is 3.36. The van der Waals surface area contributed by atoms with Crippen LogP contribution in [0.3, 0.4) is 0 Å². The Balaban J connectivity index is 1.56. The molecule has 2 aliphatic rings. The van der Waals surface area contributed by atoms with Crippen molar-refractivity contribution in [2.75, 3.05) is 26.3 Å². The lowest BCUT2D eigenvalue weighted by Crippen LogP contribution is -2.52. The number of piperidine rings is 1. The first-order valence-electron chi connectivity index (χ1n) is 9.74. The molecular formula is C20H28F2N2O3. The monoisotopic (exact) mass is 382 g/mol. The maximum atomic E-state index is 13.6. The van der Waals surface area contributed by atoms with Crippen LogP contribution in [0.5, 0.6) is 0 Å². The highest BCUT2D eigenvalue weighted by atomic mass is 19.2. The minimum atomic E-state index is -0.861. The van der Waals surface area contributed by atoms with Crippen molar-refractivity contribution in [1.82, 2.24) is 10.6 Å². The molecule has 0 spiro atoms. The Morgan fingerprint density at radius 1 is 1.33 bits per heavy atom. The lowest BCUT2D eigenvalue weighted by molar-refractivity contribution is -0.136. The first-order chi connectivity index (χ1) is 13.0. The molecule has 0 saturated carbocycles. The number of rotatable bonds is 6. The Morgan fingerprint density at radius 3 is 2.93 bits per heavy atom. The van der Waals surface area contributed by atoms with E-state index in [9.17, 15) is 13.6 Å². The molecule has 7 heteroatoms. The summed E-state index contributed by atoms with van der Waals surface area (Å²) < 4.78 is 38.2. The van der Waals surface area contributed by atoms with E-state index in [-0.39, 0.29) is 24.0 Å². The van der Waals surface area contributed by atoms with Gasteiger partial charge in [0.25, 0.3) is 0 Å². The fraction of sp³-hybridized carbons (Fsp3) is 0.650. The summed E-state index contributed by atoms with van der Waals surface area (Å²) in [5.41, 5.74) is 0.699. The summed E-state index contributed by atoms with van der Waals surface area (Å²) in [7, 11) is 0. The van der Waals surface area contributed by atoms with E-state index in [0.29, 0.717) is 18.7 Å². The van der Waals surface area contributed by atoms with E-state index in [1.54, 1.807) is 13.0 Å². The summed E-state index contributed by atoms with van der Waals surface area (Å²) in [5, 5.41) is 6.25. The molecule has 0 aromatic heterocycles. The molecule has 150 valence electrons. The summed E-state index contributed by atoms with van der Waals surface area (Å²) >= 11 is 0. The van der Waals surface area contributed by atoms with Crippen LogP contribution in [-0.2, 0) is 14.3 Å². The zero-order valence-electron chi connectivity index (χ0n) is 15.7. The van der Waals surface area contributed by atoms with E-state index in [1.165, 1.54) is 6.07 Å². The summed E-state index contributed by atoms with van der Waals surface area (Å²) in [6.45, 7) is 4.22. The molecule has 0 aliphatic carbocycles. The van der Waals surface area contributed by atoms with Gasteiger partial charge >= 0.3 is 0 Å². The van der Waals surface area contributed by atoms with Gasteiger partial charge in [0.2, 0.25) is 5.91 Å². The summed E-state index contributed by atoms with van der Waals surface area (Å²) in [6, 6.07) is 3.76. The molecule has 4 atom stereocenters. The molecular weight excluding hydrogens is 354 g/mol. The first kappa shape index (κ1) is 20.2. The average molecular weight is 382 g/mol. The van der Waals surface area contributed by atoms with E-state index in [1.807, 2.05) is 0 Å². The lowest BCUT2D eigenvalue weighted by atomic mass is 9.86. The third-order valence-corrected chi connectivity index (χ3v) is 5.36. The predicted molar refractivity (Wildman–Crippen MR) is 97.5 cm³/mol. The second-order valence-electron chi connectivity index (χ2n) is 7.35. The number of carbonyl (C=O) groups is 1. The number of carbonyl (C=O) groups excluding carboxylic acids is 1. The molecule has 4 unspecified atom stereocenters. The van der Waals surface area contributed by atoms with Crippen molar-refractivity contribution in [3.63, 3.8) is 0 Å². The molecule has 0 bridgehead atoms. The molecule has 2 N–H and O–H groups in total. The zero-order valence-corrected chi connectivity index (χ0v) is 15.7. The molecule has 2 heterocycles. The number of hydrogen-bond donors (Lipinski definition) is 2. The Bertz CT molecular complexity index is 638. The molecule has 5 nitrogen and oxygen atoms in total. The van der Waals surface area contributed by atoms with Crippen LogP contribution >= 0.6 is 0 Å². The van der Waals surface area contributed by atoms with Crippen LogP contribution in [0.15, 0.2) is 18.2 Å². The van der Waals surface area contributed by atoms with Crippen LogP contribution in [0.2, 0.25) is 0 Å². The maximum Gasteiger partial charge on any atom is 0.249 e. The van der Waals surface area contributed by atoms with Crippen LogP contribution < -0.4 is 10.6 Å². The SMILES string of the molecule is CC(OCC1CCCCO1)C(=O)NC1CNCCC1c1ccc(F)c(F)c1. The fourth-order valence-corrected chi connectivity index (χ4v) is 3.72. The van der Waals surface area contributed by atoms with E-state index < -0.39 is 17.7 Å². The largest absolute Gasteiger partial charge is 0.376 e. The minimum absolute atomic E-state index is 0.0558. The van der Waals surface area contributed by atoms with Crippen molar-refractivity contribution in [2.45, 2.75) is 56.8 Å². The number of halogens is 2. The average Bonchev–Trinajstić information content (AvgIpc) is 2.69. The molecule has 1 aromatic carbocycles. The van der Waals surface area contributed by atoms with Gasteiger partial charge in [-0.1, -0.05) is 6.07 Å². The van der Waals surface area contributed by atoms with Crippen molar-refractivity contribution in [2.24, 2.45) is 0 Å². The third kappa shape index (κ3) is 5.46. The summed E-state index contributed by atoms with van der Waals surface area (Å²) in [4.78, 5) is 12.5. The topological polar surface area (TPSA) is 59.6 Å². The molecule has 1 aromatic rings. The number of ether oxygens (including phenoxy) is 2. The Hall–Kier alpha value is -1.57. The number of benzene rings is 1. The molecule has 27 heavy (non-hydrogen) atoms. The lowest BCUT2D eigenvalue weighted by Gasteiger charge is -2.34. The maximum absolute atomic E-state index is 13.6. The Kier molecular flexibility index (Phi) is 7.15. The molecule has 2 fully saturated rings. The third-order valence-electron chi connectivity index (χ3n) is 5.36. The minimum Gasteiger partial charge on any atom is -0.376 e. The number of amides is 1. The zero-order chi connectivity index (χ0) is 19.2. The highest BCUT2D eigenvalue weighted by molar-refractivity contribution is 5.80. The van der Waals surface area contributed by atoms with Crippen LogP contribution in [0.1, 0.15) is 44.1 Å². The van der Waals surface area contributed by atoms with Gasteiger partial charge in [0, 0.05) is 25.1 Å². The molecule has 0 radical (unpaired) electrons. The second-order valence-corrected chi connectivity index (χ2v) is 7.35. The normalized spacial score (nSPS) is 27.1. The van der Waals surface area contributed by atoms with E-state index >= 15 is 0 Å². The smallest absolute Gasteiger partial charge is 0.249 e. The summed E-state index contributed by atoms with van der Waals surface area (Å²) in [5.74, 6) is -1.99. The van der Waals surface area contributed by atoms with Crippen LogP contribution in [0, 0.1) is 11.6 Å². The van der Waals surface area contributed by atoms with Gasteiger partial charge in [-0.05, 0) is 56.8 Å². The Labute approximate surface area is 158 Å². The van der Waals surface area contributed by atoms with E-state index in [4.69, 9.17) is 9.47 Å². The van der Waals surface area contributed by atoms with Crippen molar-refractivity contribution >= 4 is 5.91 Å².